The van der Waals surface area contributed by atoms with Crippen LogP contribution in [0.15, 0.2) is 101 Å². The van der Waals surface area contributed by atoms with E-state index >= 15 is 0 Å². The van der Waals surface area contributed by atoms with Crippen molar-refractivity contribution >= 4 is 30.5 Å². The molecule has 1 saturated carbocycles. The van der Waals surface area contributed by atoms with Crippen LogP contribution in [-0.2, 0) is 9.94 Å². The number of hydrogen-bond acceptors (Lipinski definition) is 3. The predicted octanol–water partition coefficient (Wildman–Crippen LogP) is 7.59. The van der Waals surface area contributed by atoms with Crippen LogP contribution in [0.25, 0.3) is 0 Å². The van der Waals surface area contributed by atoms with Gasteiger partial charge in [-0.15, -0.1) is 0 Å². The second-order valence-corrected chi connectivity index (χ2v) is 17.1. The SMILES string of the molecule is CC(C)(C)c1ccc(S/C=C2/CCCC2NO[Si](c2ccccc2)(c2ccccc2)C(C)(C)C)cc1. The zero-order chi connectivity index (χ0) is 25.8. The quantitative estimate of drug-likeness (QED) is 0.199. The first kappa shape index (κ1) is 26.9. The molecule has 4 rings (SSSR count). The first-order chi connectivity index (χ1) is 17.1. The summed E-state index contributed by atoms with van der Waals surface area (Å²) in [7, 11) is -2.60. The number of thioether (sulfide) groups is 1. The molecular weight excluding hydrogens is 475 g/mol. The van der Waals surface area contributed by atoms with Crippen molar-refractivity contribution < 1.29 is 4.53 Å². The average Bonchev–Trinajstić information content (AvgIpc) is 3.31. The smallest absolute Gasteiger partial charge is 0.287 e. The highest BCUT2D eigenvalue weighted by atomic mass is 32.2. The molecule has 0 aliphatic heterocycles. The van der Waals surface area contributed by atoms with Crippen LogP contribution in [0, 0.1) is 0 Å². The van der Waals surface area contributed by atoms with Gasteiger partial charge in [-0.25, -0.2) is 5.48 Å². The number of hydrogen-bond donors (Lipinski definition) is 1. The largest absolute Gasteiger partial charge is 0.333 e. The van der Waals surface area contributed by atoms with E-state index in [2.05, 4.69) is 137 Å². The molecule has 4 heteroatoms. The Hall–Kier alpha value is -2.11. The van der Waals surface area contributed by atoms with Gasteiger partial charge >= 0.3 is 0 Å². The number of rotatable bonds is 7. The molecule has 36 heavy (non-hydrogen) atoms. The van der Waals surface area contributed by atoms with Gasteiger partial charge in [0.1, 0.15) is 0 Å². The van der Waals surface area contributed by atoms with Crippen LogP contribution in [0.5, 0.6) is 0 Å². The topological polar surface area (TPSA) is 21.3 Å². The zero-order valence-electron chi connectivity index (χ0n) is 22.7. The van der Waals surface area contributed by atoms with Crippen molar-refractivity contribution in [3.05, 3.63) is 101 Å². The van der Waals surface area contributed by atoms with Crippen LogP contribution in [-0.4, -0.2) is 14.4 Å². The van der Waals surface area contributed by atoms with Crippen LogP contribution in [0.1, 0.15) is 66.4 Å². The Kier molecular flexibility index (Phi) is 8.31. The van der Waals surface area contributed by atoms with Crippen molar-refractivity contribution in [1.29, 1.82) is 0 Å². The monoisotopic (exact) mass is 515 g/mol. The second-order valence-electron chi connectivity index (χ2n) is 11.9. The summed E-state index contributed by atoms with van der Waals surface area (Å²) in [5, 5.41) is 4.90. The van der Waals surface area contributed by atoms with Crippen molar-refractivity contribution in [3.8, 4) is 0 Å². The third-order valence-electron chi connectivity index (χ3n) is 7.24. The molecule has 1 aliphatic rings. The molecule has 0 radical (unpaired) electrons. The fourth-order valence-corrected chi connectivity index (χ4v) is 10.2. The minimum atomic E-state index is -2.60. The lowest BCUT2D eigenvalue weighted by Gasteiger charge is -2.43. The molecule has 190 valence electrons. The lowest BCUT2D eigenvalue weighted by Crippen LogP contribution is -2.68. The Labute approximate surface area is 223 Å². The number of benzene rings is 3. The number of hydroxylamine groups is 1. The van der Waals surface area contributed by atoms with Crippen molar-refractivity contribution in [2.45, 2.75) is 82.2 Å². The molecule has 0 saturated heterocycles. The van der Waals surface area contributed by atoms with Gasteiger partial charge in [-0.3, -0.25) is 0 Å². The molecule has 0 spiro atoms. The van der Waals surface area contributed by atoms with Crippen LogP contribution >= 0.6 is 11.8 Å². The Morgan fingerprint density at radius 2 is 1.36 bits per heavy atom. The highest BCUT2D eigenvalue weighted by Gasteiger charge is 2.51. The molecule has 1 aliphatic carbocycles. The standard InChI is InChI=1S/C32H41NOSSi/c1-31(2,3)26-20-22-27(23-21-26)35-24-25-14-13-19-30(25)33-34-36(32(4,5)6,28-15-9-7-10-16-28)29-17-11-8-12-18-29/h7-12,15-18,20-24,30,33H,13-14,19H2,1-6H3/b25-24-. The van der Waals surface area contributed by atoms with Gasteiger partial charge in [-0.05, 0) is 68.8 Å². The molecule has 1 fully saturated rings. The van der Waals surface area contributed by atoms with Gasteiger partial charge in [0.2, 0.25) is 0 Å². The van der Waals surface area contributed by atoms with Crippen molar-refractivity contribution in [1.82, 2.24) is 5.48 Å². The fourth-order valence-electron chi connectivity index (χ4n) is 5.13. The summed E-state index contributed by atoms with van der Waals surface area (Å²) in [5.41, 5.74) is 6.62. The van der Waals surface area contributed by atoms with Gasteiger partial charge in [-0.1, -0.05) is 126 Å². The molecule has 0 heterocycles. The third kappa shape index (κ3) is 5.89. The predicted molar refractivity (Wildman–Crippen MR) is 159 cm³/mol. The molecule has 0 bridgehead atoms. The van der Waals surface area contributed by atoms with Crippen molar-refractivity contribution in [2.75, 3.05) is 0 Å². The van der Waals surface area contributed by atoms with Crippen LogP contribution in [0.3, 0.4) is 0 Å². The van der Waals surface area contributed by atoms with E-state index in [1.165, 1.54) is 32.8 Å². The van der Waals surface area contributed by atoms with Gasteiger partial charge in [0, 0.05) is 4.90 Å². The molecule has 3 aromatic rings. The third-order valence-corrected chi connectivity index (χ3v) is 13.0. The van der Waals surface area contributed by atoms with Crippen LogP contribution in [0.2, 0.25) is 5.04 Å². The second kappa shape index (κ2) is 11.1. The minimum absolute atomic E-state index is 0.0469. The summed E-state index contributed by atoms with van der Waals surface area (Å²) >= 11 is 1.83. The van der Waals surface area contributed by atoms with Gasteiger partial charge in [0.15, 0.2) is 0 Å². The summed E-state index contributed by atoms with van der Waals surface area (Å²) in [4.78, 5) is 1.29. The highest BCUT2D eigenvalue weighted by molar-refractivity contribution is 8.02. The average molecular weight is 516 g/mol. The first-order valence-corrected chi connectivity index (χ1v) is 15.9. The van der Waals surface area contributed by atoms with Gasteiger partial charge < -0.3 is 4.53 Å². The Balaban J connectivity index is 1.57. The van der Waals surface area contributed by atoms with E-state index in [1.807, 2.05) is 11.8 Å². The summed E-state index contributed by atoms with van der Waals surface area (Å²) in [5.74, 6) is 0. The van der Waals surface area contributed by atoms with E-state index in [0.29, 0.717) is 0 Å². The normalized spacial score (nSPS) is 18.1. The lowest BCUT2D eigenvalue weighted by atomic mass is 9.87. The fraction of sp³-hybridized carbons (Fsp3) is 0.375. The van der Waals surface area contributed by atoms with E-state index in [9.17, 15) is 0 Å². The van der Waals surface area contributed by atoms with Gasteiger partial charge in [0.25, 0.3) is 8.32 Å². The highest BCUT2D eigenvalue weighted by Crippen LogP contribution is 2.37. The molecule has 0 aromatic heterocycles. The van der Waals surface area contributed by atoms with E-state index in [4.69, 9.17) is 4.53 Å². The first-order valence-electron chi connectivity index (χ1n) is 13.1. The molecule has 1 atom stereocenters. The van der Waals surface area contributed by atoms with Crippen LogP contribution in [0.4, 0.5) is 0 Å². The summed E-state index contributed by atoms with van der Waals surface area (Å²) in [6.07, 6.45) is 3.42. The van der Waals surface area contributed by atoms with Gasteiger partial charge in [0.05, 0.1) is 6.04 Å². The van der Waals surface area contributed by atoms with Crippen molar-refractivity contribution in [3.63, 3.8) is 0 Å². The Morgan fingerprint density at radius 3 is 1.86 bits per heavy atom. The molecule has 2 nitrogen and oxygen atoms in total. The summed E-state index contributed by atoms with van der Waals surface area (Å²) < 4.78 is 7.02. The Bertz CT molecular complexity index is 1110. The summed E-state index contributed by atoms with van der Waals surface area (Å²) in [6, 6.07) is 31.0. The maximum atomic E-state index is 7.02. The maximum absolute atomic E-state index is 7.02. The van der Waals surface area contributed by atoms with E-state index in [-0.39, 0.29) is 16.5 Å². The molecule has 0 amide bonds. The van der Waals surface area contributed by atoms with E-state index in [1.54, 1.807) is 0 Å². The lowest BCUT2D eigenvalue weighted by molar-refractivity contribution is 0.156. The molecular formula is C32H41NOSSi. The van der Waals surface area contributed by atoms with Crippen molar-refractivity contribution in [2.24, 2.45) is 0 Å². The molecule has 1 unspecified atom stereocenters. The van der Waals surface area contributed by atoms with Crippen LogP contribution < -0.4 is 15.9 Å². The van der Waals surface area contributed by atoms with Gasteiger partial charge in [-0.2, -0.15) is 0 Å². The summed E-state index contributed by atoms with van der Waals surface area (Å²) in [6.45, 7) is 13.8. The minimum Gasteiger partial charge on any atom is -0.333 e. The zero-order valence-corrected chi connectivity index (χ0v) is 24.5. The van der Waals surface area contributed by atoms with E-state index in [0.717, 1.165) is 12.8 Å². The van der Waals surface area contributed by atoms with E-state index < -0.39 is 8.32 Å². The maximum Gasteiger partial charge on any atom is 0.287 e. The molecule has 3 aromatic carbocycles. The molecule has 1 N–H and O–H groups in total. The Morgan fingerprint density at radius 1 is 0.806 bits per heavy atom. The number of nitrogens with one attached hydrogen (secondary N) is 1.